The Morgan fingerprint density at radius 2 is 1.45 bits per heavy atom. The average molecular weight is 450 g/mol. The van der Waals surface area contributed by atoms with Crippen LogP contribution in [0.25, 0.3) is 0 Å². The summed E-state index contributed by atoms with van der Waals surface area (Å²) in [5.74, 6) is -2.61. The highest BCUT2D eigenvalue weighted by atomic mass is 35.5. The van der Waals surface area contributed by atoms with Crippen LogP contribution in [-0.4, -0.2) is 83.0 Å². The predicted molar refractivity (Wildman–Crippen MR) is 111 cm³/mol. The Kier molecular flexibility index (Phi) is 6.22. The van der Waals surface area contributed by atoms with E-state index in [1.165, 1.54) is 11.0 Å². The molecule has 2 aromatic rings. The highest BCUT2D eigenvalue weighted by Crippen LogP contribution is 2.22. The molecule has 31 heavy (non-hydrogen) atoms. The number of aliphatic hydroxyl groups excluding tert-OH is 1. The van der Waals surface area contributed by atoms with Gasteiger partial charge in [-0.1, -0.05) is 11.6 Å². The quantitative estimate of drug-likeness (QED) is 0.780. The molecule has 2 aliphatic rings. The van der Waals surface area contributed by atoms with Crippen LogP contribution in [0.4, 0.5) is 8.78 Å². The number of piperazine rings is 1. The molecule has 0 aliphatic carbocycles. The van der Waals surface area contributed by atoms with Crippen LogP contribution >= 0.6 is 11.6 Å². The van der Waals surface area contributed by atoms with Crippen LogP contribution in [-0.2, 0) is 0 Å². The molecule has 2 saturated heterocycles. The summed E-state index contributed by atoms with van der Waals surface area (Å²) >= 11 is 5.88. The minimum absolute atomic E-state index is 0.0464. The molecule has 164 valence electrons. The van der Waals surface area contributed by atoms with Crippen LogP contribution in [0.5, 0.6) is 0 Å². The first-order chi connectivity index (χ1) is 14.8. The van der Waals surface area contributed by atoms with Crippen molar-refractivity contribution in [1.82, 2.24) is 14.7 Å². The number of halogens is 3. The second kappa shape index (κ2) is 8.90. The van der Waals surface area contributed by atoms with Crippen LogP contribution in [0.15, 0.2) is 42.5 Å². The monoisotopic (exact) mass is 449 g/mol. The van der Waals surface area contributed by atoms with Gasteiger partial charge < -0.3 is 14.9 Å². The van der Waals surface area contributed by atoms with Crippen molar-refractivity contribution in [3.8, 4) is 0 Å². The third-order valence-corrected chi connectivity index (χ3v) is 6.13. The van der Waals surface area contributed by atoms with E-state index in [9.17, 15) is 23.5 Å². The number of carbonyl (C=O) groups excluding carboxylic acids is 2. The number of aliphatic hydroxyl groups is 1. The van der Waals surface area contributed by atoms with Gasteiger partial charge in [0.1, 0.15) is 0 Å². The number of carbonyl (C=O) groups is 2. The Bertz CT molecular complexity index is 980. The lowest BCUT2D eigenvalue weighted by molar-refractivity contribution is 0.0376. The van der Waals surface area contributed by atoms with E-state index in [0.717, 1.165) is 12.1 Å². The van der Waals surface area contributed by atoms with Gasteiger partial charge in [-0.25, -0.2) is 8.78 Å². The van der Waals surface area contributed by atoms with E-state index in [1.54, 1.807) is 29.2 Å². The van der Waals surface area contributed by atoms with Gasteiger partial charge in [-0.15, -0.1) is 0 Å². The highest BCUT2D eigenvalue weighted by molar-refractivity contribution is 6.30. The Hall–Kier alpha value is -2.55. The summed E-state index contributed by atoms with van der Waals surface area (Å²) in [7, 11) is 0. The van der Waals surface area contributed by atoms with Crippen LogP contribution in [0.1, 0.15) is 20.7 Å². The van der Waals surface area contributed by atoms with Gasteiger partial charge in [-0.2, -0.15) is 0 Å². The summed E-state index contributed by atoms with van der Waals surface area (Å²) < 4.78 is 26.6. The average Bonchev–Trinajstić information content (AvgIpc) is 3.17. The molecule has 0 radical (unpaired) electrons. The van der Waals surface area contributed by atoms with Crippen molar-refractivity contribution in [3.05, 3.63) is 70.2 Å². The molecule has 0 aromatic heterocycles. The van der Waals surface area contributed by atoms with Crippen LogP contribution in [0.2, 0.25) is 5.02 Å². The molecule has 9 heteroatoms. The summed E-state index contributed by atoms with van der Waals surface area (Å²) in [4.78, 5) is 30.6. The van der Waals surface area contributed by atoms with Gasteiger partial charge in [0, 0.05) is 55.4 Å². The lowest BCUT2D eigenvalue weighted by atomic mass is 10.1. The third-order valence-electron chi connectivity index (χ3n) is 5.87. The smallest absolute Gasteiger partial charge is 0.254 e. The van der Waals surface area contributed by atoms with E-state index in [0.29, 0.717) is 36.8 Å². The fourth-order valence-electron chi connectivity index (χ4n) is 4.14. The van der Waals surface area contributed by atoms with E-state index in [2.05, 4.69) is 4.90 Å². The SMILES string of the molecule is O=C(c1ccc(Cl)cc1)N1CCN([C@@H]2CN(C(=O)c3ccc(F)c(F)c3)C[C@H]2O)CC1. The van der Waals surface area contributed by atoms with Gasteiger partial charge in [0.15, 0.2) is 11.6 Å². The van der Waals surface area contributed by atoms with Gasteiger partial charge in [0.05, 0.1) is 12.1 Å². The lowest BCUT2D eigenvalue weighted by Gasteiger charge is -2.38. The second-order valence-electron chi connectivity index (χ2n) is 7.81. The molecule has 0 unspecified atom stereocenters. The van der Waals surface area contributed by atoms with Gasteiger partial charge >= 0.3 is 0 Å². The highest BCUT2D eigenvalue weighted by Gasteiger charge is 2.39. The summed E-state index contributed by atoms with van der Waals surface area (Å²) in [6.07, 6.45) is -0.757. The van der Waals surface area contributed by atoms with Gasteiger partial charge in [-0.05, 0) is 42.5 Å². The topological polar surface area (TPSA) is 64.1 Å². The largest absolute Gasteiger partial charge is 0.390 e. The van der Waals surface area contributed by atoms with Crippen molar-refractivity contribution in [2.24, 2.45) is 0 Å². The standard InChI is InChI=1S/C22H22ClF2N3O3/c23-16-4-1-14(2-5-16)21(30)27-9-7-26(8-10-27)19-12-28(13-20(19)29)22(31)15-3-6-17(24)18(25)11-15/h1-6,11,19-20,29H,7-10,12-13H2/t19-,20-/m1/s1. The second-order valence-corrected chi connectivity index (χ2v) is 8.25. The van der Waals surface area contributed by atoms with Crippen molar-refractivity contribution in [2.75, 3.05) is 39.3 Å². The van der Waals surface area contributed by atoms with Gasteiger partial charge in [-0.3, -0.25) is 14.5 Å². The normalized spacial score (nSPS) is 22.1. The molecule has 2 heterocycles. The van der Waals surface area contributed by atoms with E-state index in [-0.39, 0.29) is 30.6 Å². The first kappa shape index (κ1) is 21.7. The predicted octanol–water partition coefficient (Wildman–Crippen LogP) is 2.26. The van der Waals surface area contributed by atoms with E-state index in [4.69, 9.17) is 11.6 Å². The number of hydrogen-bond donors (Lipinski definition) is 1. The number of likely N-dealkylation sites (tertiary alicyclic amines) is 1. The van der Waals surface area contributed by atoms with Crippen molar-refractivity contribution >= 4 is 23.4 Å². The molecule has 1 N–H and O–H groups in total. The molecule has 4 rings (SSSR count). The molecule has 0 bridgehead atoms. The maximum Gasteiger partial charge on any atom is 0.254 e. The zero-order valence-electron chi connectivity index (χ0n) is 16.7. The molecule has 0 saturated carbocycles. The number of amides is 2. The molecular formula is C22H22ClF2N3O3. The summed E-state index contributed by atoms with van der Waals surface area (Å²) in [6.45, 7) is 2.53. The Morgan fingerprint density at radius 1 is 0.839 bits per heavy atom. The van der Waals surface area contributed by atoms with Crippen LogP contribution < -0.4 is 0 Å². The van der Waals surface area contributed by atoms with Crippen molar-refractivity contribution in [2.45, 2.75) is 12.1 Å². The molecule has 2 atom stereocenters. The number of rotatable bonds is 3. The minimum atomic E-state index is -1.08. The van der Waals surface area contributed by atoms with Gasteiger partial charge in [0.25, 0.3) is 11.8 Å². The van der Waals surface area contributed by atoms with E-state index in [1.807, 2.05) is 0 Å². The molecule has 2 amide bonds. The first-order valence-electron chi connectivity index (χ1n) is 10.0. The summed E-state index contributed by atoms with van der Waals surface area (Å²) in [6, 6.07) is 9.50. The lowest BCUT2D eigenvalue weighted by Crippen LogP contribution is -2.54. The molecular weight excluding hydrogens is 428 g/mol. The molecule has 2 aliphatic heterocycles. The maximum absolute atomic E-state index is 13.5. The Morgan fingerprint density at radius 3 is 2.10 bits per heavy atom. The number of benzene rings is 2. The van der Waals surface area contributed by atoms with Crippen molar-refractivity contribution < 1.29 is 23.5 Å². The fourth-order valence-corrected chi connectivity index (χ4v) is 4.26. The zero-order chi connectivity index (χ0) is 22.1. The first-order valence-corrected chi connectivity index (χ1v) is 10.4. The summed E-state index contributed by atoms with van der Waals surface area (Å²) in [5, 5.41) is 11.1. The molecule has 2 aromatic carbocycles. The molecule has 2 fully saturated rings. The third kappa shape index (κ3) is 4.56. The minimum Gasteiger partial charge on any atom is -0.390 e. The fraction of sp³-hybridized carbons (Fsp3) is 0.364. The van der Waals surface area contributed by atoms with Crippen molar-refractivity contribution in [1.29, 1.82) is 0 Å². The number of hydrogen-bond acceptors (Lipinski definition) is 4. The number of β-amino-alcohol motifs (C(OH)–C–C–N with tert-alkyl or cyclic N) is 1. The van der Waals surface area contributed by atoms with E-state index >= 15 is 0 Å². The maximum atomic E-state index is 13.5. The summed E-state index contributed by atoms with van der Waals surface area (Å²) in [5.41, 5.74) is 0.618. The molecule has 0 spiro atoms. The Balaban J connectivity index is 1.35. The Labute approximate surface area is 183 Å². The van der Waals surface area contributed by atoms with Gasteiger partial charge in [0.2, 0.25) is 0 Å². The molecule has 6 nitrogen and oxygen atoms in total. The van der Waals surface area contributed by atoms with E-state index < -0.39 is 23.6 Å². The van der Waals surface area contributed by atoms with Crippen LogP contribution in [0.3, 0.4) is 0 Å². The zero-order valence-corrected chi connectivity index (χ0v) is 17.4. The van der Waals surface area contributed by atoms with Crippen molar-refractivity contribution in [3.63, 3.8) is 0 Å². The van der Waals surface area contributed by atoms with Crippen LogP contribution in [0, 0.1) is 11.6 Å². The number of nitrogens with zero attached hydrogens (tertiary/aromatic N) is 3.